The highest BCUT2D eigenvalue weighted by Gasteiger charge is 2.35. The molecular formula is C36H44N6O6S. The molecule has 13 heteroatoms. The Morgan fingerprint density at radius 1 is 1.02 bits per heavy atom. The van der Waals surface area contributed by atoms with Crippen LogP contribution in [0.5, 0.6) is 11.6 Å². The van der Waals surface area contributed by atoms with Gasteiger partial charge in [-0.05, 0) is 83.2 Å². The van der Waals surface area contributed by atoms with Crippen molar-refractivity contribution in [3.05, 3.63) is 66.0 Å². The summed E-state index contributed by atoms with van der Waals surface area (Å²) < 4.78 is 47.3. The SMILES string of the molecule is COc1cc2c(nc1OC)c(-c1cc3c(C(NC4CCC(NC(=O)OC(C)(C)C)CC4)S(=O)(=O)c4ccc(C)cc4)ccnc3[nH]1)cn2C. The average molecular weight is 689 g/mol. The molecule has 0 bridgehead atoms. The molecule has 1 saturated carbocycles. The van der Waals surface area contributed by atoms with Crippen LogP contribution in [0, 0.1) is 6.92 Å². The first kappa shape index (κ1) is 34.3. The minimum absolute atomic E-state index is 0.0483. The molecule has 49 heavy (non-hydrogen) atoms. The Balaban J connectivity index is 1.36. The zero-order chi connectivity index (χ0) is 35.1. The second-order valence-electron chi connectivity index (χ2n) is 13.7. The van der Waals surface area contributed by atoms with E-state index < -0.39 is 26.9 Å². The number of benzene rings is 1. The minimum atomic E-state index is -3.91. The number of methoxy groups -OCH3 is 2. The number of nitrogens with zero attached hydrogens (tertiary/aromatic N) is 3. The highest BCUT2D eigenvalue weighted by Crippen LogP contribution is 2.38. The van der Waals surface area contributed by atoms with Crippen molar-refractivity contribution in [2.45, 2.75) is 81.3 Å². The van der Waals surface area contributed by atoms with Gasteiger partial charge in [0.2, 0.25) is 0 Å². The van der Waals surface area contributed by atoms with Crippen LogP contribution in [0.25, 0.3) is 33.3 Å². The van der Waals surface area contributed by atoms with Gasteiger partial charge in [-0.3, -0.25) is 5.32 Å². The van der Waals surface area contributed by atoms with Gasteiger partial charge in [0.15, 0.2) is 15.6 Å². The Bertz CT molecular complexity index is 2090. The molecule has 5 aromatic rings. The van der Waals surface area contributed by atoms with Crippen LogP contribution in [0.4, 0.5) is 4.79 Å². The van der Waals surface area contributed by atoms with Crippen LogP contribution in [-0.2, 0) is 21.6 Å². The van der Waals surface area contributed by atoms with Gasteiger partial charge in [-0.25, -0.2) is 23.2 Å². The first-order valence-electron chi connectivity index (χ1n) is 16.4. The average Bonchev–Trinajstić information content (AvgIpc) is 3.63. The van der Waals surface area contributed by atoms with Gasteiger partial charge in [-0.1, -0.05) is 17.7 Å². The fourth-order valence-corrected chi connectivity index (χ4v) is 8.17. The molecule has 1 unspecified atom stereocenters. The third-order valence-corrected chi connectivity index (χ3v) is 10.9. The molecule has 4 aromatic heterocycles. The number of H-pyrrole nitrogens is 1. The van der Waals surface area contributed by atoms with Crippen molar-refractivity contribution in [2.24, 2.45) is 7.05 Å². The van der Waals surface area contributed by atoms with Crippen molar-refractivity contribution < 1.29 is 27.4 Å². The second kappa shape index (κ2) is 13.4. The van der Waals surface area contributed by atoms with E-state index in [1.165, 1.54) is 0 Å². The molecule has 0 radical (unpaired) electrons. The number of sulfone groups is 1. The molecule has 3 N–H and O–H groups in total. The number of ether oxygens (including phenoxy) is 3. The van der Waals surface area contributed by atoms with Crippen LogP contribution in [0.2, 0.25) is 0 Å². The van der Waals surface area contributed by atoms with Crippen molar-refractivity contribution in [3.63, 3.8) is 0 Å². The summed E-state index contributed by atoms with van der Waals surface area (Å²) in [4.78, 5) is 25.4. The molecule has 1 amide bonds. The molecule has 4 heterocycles. The summed E-state index contributed by atoms with van der Waals surface area (Å²) in [5.41, 5.74) is 4.63. The van der Waals surface area contributed by atoms with Gasteiger partial charge in [0, 0.05) is 48.5 Å². The van der Waals surface area contributed by atoms with Gasteiger partial charge in [-0.15, -0.1) is 0 Å². The predicted octanol–water partition coefficient (Wildman–Crippen LogP) is 6.34. The molecule has 1 aliphatic rings. The maximum Gasteiger partial charge on any atom is 0.407 e. The van der Waals surface area contributed by atoms with E-state index in [-0.39, 0.29) is 17.0 Å². The number of amides is 1. The molecule has 1 atom stereocenters. The fraction of sp³-hybridized carbons (Fsp3) is 0.417. The number of nitrogens with one attached hydrogen (secondary N) is 3. The van der Waals surface area contributed by atoms with Gasteiger partial charge < -0.3 is 29.1 Å². The van der Waals surface area contributed by atoms with Crippen LogP contribution in [0.3, 0.4) is 0 Å². The van der Waals surface area contributed by atoms with Crippen molar-refractivity contribution >= 4 is 38.0 Å². The number of alkyl carbamates (subject to hydrolysis) is 1. The normalized spacial score (nSPS) is 17.6. The van der Waals surface area contributed by atoms with Crippen molar-refractivity contribution in [1.82, 2.24) is 30.2 Å². The molecule has 0 spiro atoms. The summed E-state index contributed by atoms with van der Waals surface area (Å²) >= 11 is 0. The lowest BCUT2D eigenvalue weighted by Crippen LogP contribution is -2.45. The Morgan fingerprint density at radius 2 is 1.71 bits per heavy atom. The number of aromatic amines is 1. The third kappa shape index (κ3) is 7.09. The minimum Gasteiger partial charge on any atom is -0.491 e. The summed E-state index contributed by atoms with van der Waals surface area (Å²) in [6.07, 6.45) is 5.90. The van der Waals surface area contributed by atoms with Crippen LogP contribution in [0.1, 0.15) is 63.0 Å². The monoisotopic (exact) mass is 688 g/mol. The van der Waals surface area contributed by atoms with Gasteiger partial charge in [0.05, 0.1) is 30.3 Å². The lowest BCUT2D eigenvalue weighted by molar-refractivity contribution is 0.0489. The molecule has 6 rings (SSSR count). The quantitative estimate of drug-likeness (QED) is 0.161. The van der Waals surface area contributed by atoms with Gasteiger partial charge in [-0.2, -0.15) is 0 Å². The summed E-state index contributed by atoms with van der Waals surface area (Å²) in [7, 11) is 1.14. The van der Waals surface area contributed by atoms with E-state index in [1.54, 1.807) is 38.6 Å². The summed E-state index contributed by atoms with van der Waals surface area (Å²) in [5, 5.41) is 6.12. The highest BCUT2D eigenvalue weighted by molar-refractivity contribution is 7.91. The van der Waals surface area contributed by atoms with Crippen LogP contribution in [-0.4, -0.2) is 65.9 Å². The summed E-state index contributed by atoms with van der Waals surface area (Å²) in [6.45, 7) is 7.43. The van der Waals surface area contributed by atoms with E-state index in [9.17, 15) is 13.2 Å². The number of hydrogen-bond donors (Lipinski definition) is 3. The van der Waals surface area contributed by atoms with Crippen LogP contribution in [0.15, 0.2) is 59.8 Å². The van der Waals surface area contributed by atoms with E-state index in [4.69, 9.17) is 19.2 Å². The van der Waals surface area contributed by atoms with Crippen molar-refractivity contribution in [1.29, 1.82) is 0 Å². The summed E-state index contributed by atoms with van der Waals surface area (Å²) in [6, 6.07) is 12.4. The van der Waals surface area contributed by atoms with E-state index >= 15 is 0 Å². The molecular weight excluding hydrogens is 644 g/mol. The largest absolute Gasteiger partial charge is 0.491 e. The third-order valence-electron chi connectivity index (χ3n) is 8.94. The number of pyridine rings is 2. The number of rotatable bonds is 9. The van der Waals surface area contributed by atoms with Crippen LogP contribution < -0.4 is 20.1 Å². The Kier molecular flexibility index (Phi) is 9.34. The van der Waals surface area contributed by atoms with Crippen LogP contribution >= 0.6 is 0 Å². The molecule has 260 valence electrons. The van der Waals surface area contributed by atoms with Crippen molar-refractivity contribution in [3.8, 4) is 22.9 Å². The number of aryl methyl sites for hydroxylation is 2. The fourth-order valence-electron chi connectivity index (χ4n) is 6.47. The number of hydrogen-bond acceptors (Lipinski definition) is 9. The summed E-state index contributed by atoms with van der Waals surface area (Å²) in [5.74, 6) is 0.884. The standard InChI is InChI=1S/C36H44N6O6S/c1-21-8-14-24(15-9-21)49(44,45)34(38-22-10-12-23(13-11-22)39-35(43)48-36(2,3)4)25-16-17-37-32-26(25)18-28(40-32)27-20-42(5)29-19-30(46-6)33(47-7)41-31(27)29/h8-9,14-20,22-23,34,38H,10-13H2,1-7H3,(H,37,40)(H,39,43). The molecule has 0 aliphatic heterocycles. The van der Waals surface area contributed by atoms with Gasteiger partial charge in [0.1, 0.15) is 22.1 Å². The van der Waals surface area contributed by atoms with Gasteiger partial charge >= 0.3 is 6.09 Å². The smallest absolute Gasteiger partial charge is 0.407 e. The predicted molar refractivity (Wildman–Crippen MR) is 189 cm³/mol. The zero-order valence-electron chi connectivity index (χ0n) is 29.0. The first-order chi connectivity index (χ1) is 23.3. The topological polar surface area (TPSA) is 149 Å². The van der Waals surface area contributed by atoms with E-state index in [0.29, 0.717) is 59.4 Å². The second-order valence-corrected chi connectivity index (χ2v) is 15.7. The molecule has 1 aliphatic carbocycles. The zero-order valence-corrected chi connectivity index (χ0v) is 29.8. The lowest BCUT2D eigenvalue weighted by Gasteiger charge is -2.33. The number of carbonyl (C=O) groups excluding carboxylic acids is 1. The maximum atomic E-state index is 14.5. The molecule has 12 nitrogen and oxygen atoms in total. The maximum absolute atomic E-state index is 14.5. The Morgan fingerprint density at radius 3 is 2.37 bits per heavy atom. The lowest BCUT2D eigenvalue weighted by atomic mass is 9.91. The van der Waals surface area contributed by atoms with E-state index in [0.717, 1.165) is 22.3 Å². The van der Waals surface area contributed by atoms with Crippen molar-refractivity contribution in [2.75, 3.05) is 14.2 Å². The Hall–Kier alpha value is -4.62. The first-order valence-corrected chi connectivity index (χ1v) is 17.9. The molecule has 0 saturated heterocycles. The van der Waals surface area contributed by atoms with E-state index in [2.05, 4.69) is 20.6 Å². The Labute approximate surface area is 286 Å². The molecule has 1 fully saturated rings. The number of fused-ring (bicyclic) bond motifs is 2. The molecule has 1 aromatic carbocycles. The van der Waals surface area contributed by atoms with E-state index in [1.807, 2.05) is 69.8 Å². The number of aromatic nitrogens is 4. The number of carbonyl (C=O) groups is 1. The van der Waals surface area contributed by atoms with Gasteiger partial charge in [0.25, 0.3) is 5.88 Å². The highest BCUT2D eigenvalue weighted by atomic mass is 32.2.